The number of aromatic hydroxyl groups is 1. The molecule has 0 radical (unpaired) electrons. The zero-order valence-electron chi connectivity index (χ0n) is 11.3. The normalized spacial score (nSPS) is 22.4. The summed E-state index contributed by atoms with van der Waals surface area (Å²) >= 11 is 5.36. The molecule has 2 rings (SSSR count). The summed E-state index contributed by atoms with van der Waals surface area (Å²) in [5, 5.41) is 12.6. The van der Waals surface area contributed by atoms with E-state index in [1.165, 1.54) is 0 Å². The van der Waals surface area contributed by atoms with Gasteiger partial charge in [0.15, 0.2) is 0 Å². The second kappa shape index (κ2) is 6.32. The summed E-state index contributed by atoms with van der Waals surface area (Å²) in [4.78, 5) is 2.89. The van der Waals surface area contributed by atoms with Crippen LogP contribution in [0.5, 0.6) is 5.75 Å². The van der Waals surface area contributed by atoms with Gasteiger partial charge >= 0.3 is 0 Å². The van der Waals surface area contributed by atoms with Crippen LogP contribution in [0.3, 0.4) is 0 Å². The Balaban J connectivity index is 1.79. The highest BCUT2D eigenvalue weighted by Gasteiger charge is 2.28. The van der Waals surface area contributed by atoms with Crippen molar-refractivity contribution in [2.75, 3.05) is 20.6 Å². The number of thiocarbonyl (C=S) groups is 1. The van der Waals surface area contributed by atoms with E-state index in [1.54, 1.807) is 12.1 Å². The Labute approximate surface area is 119 Å². The number of nitrogens with one attached hydrogen (secondary N) is 1. The van der Waals surface area contributed by atoms with Crippen molar-refractivity contribution in [2.45, 2.75) is 25.2 Å². The molecular weight excluding hydrogens is 260 g/mol. The monoisotopic (exact) mass is 280 g/mol. The first-order valence-electron chi connectivity index (χ1n) is 6.40. The van der Waals surface area contributed by atoms with E-state index in [4.69, 9.17) is 17.0 Å². The van der Waals surface area contributed by atoms with Crippen molar-refractivity contribution >= 4 is 17.2 Å². The molecule has 0 bridgehead atoms. The number of ether oxygens (including phenoxy) is 1. The number of hydrogen-bond donors (Lipinski definition) is 2. The number of nitrogens with zero attached hydrogens (tertiary/aromatic N) is 1. The van der Waals surface area contributed by atoms with Crippen LogP contribution in [0.4, 0.5) is 0 Å². The van der Waals surface area contributed by atoms with Gasteiger partial charge in [-0.15, -0.1) is 0 Å². The highest BCUT2D eigenvalue weighted by atomic mass is 32.1. The van der Waals surface area contributed by atoms with E-state index in [-0.39, 0.29) is 17.9 Å². The minimum Gasteiger partial charge on any atom is -0.508 e. The van der Waals surface area contributed by atoms with Gasteiger partial charge in [0.05, 0.1) is 23.7 Å². The fourth-order valence-corrected chi connectivity index (χ4v) is 2.32. The molecule has 19 heavy (non-hydrogen) atoms. The molecule has 0 unspecified atom stereocenters. The second-order valence-electron chi connectivity index (χ2n) is 5.03. The molecule has 1 saturated heterocycles. The SMILES string of the molecule is CN(C)C(=S)[C@@H]1C[C@@H](OCc2ccc(O)cc2)CN1. The lowest BCUT2D eigenvalue weighted by Gasteiger charge is -2.19. The lowest BCUT2D eigenvalue weighted by Crippen LogP contribution is -2.38. The van der Waals surface area contributed by atoms with Gasteiger partial charge in [0.1, 0.15) is 5.75 Å². The van der Waals surface area contributed by atoms with E-state index in [2.05, 4.69) is 5.32 Å². The van der Waals surface area contributed by atoms with Gasteiger partial charge in [0.25, 0.3) is 0 Å². The first-order chi connectivity index (χ1) is 9.06. The Bertz CT molecular complexity index is 434. The zero-order valence-corrected chi connectivity index (χ0v) is 12.1. The number of phenolic OH excluding ortho intramolecular Hbond substituents is 1. The topological polar surface area (TPSA) is 44.7 Å². The molecule has 0 spiro atoms. The molecule has 5 heteroatoms. The maximum absolute atomic E-state index is 9.21. The lowest BCUT2D eigenvalue weighted by atomic mass is 10.2. The maximum Gasteiger partial charge on any atom is 0.115 e. The lowest BCUT2D eigenvalue weighted by molar-refractivity contribution is 0.0534. The van der Waals surface area contributed by atoms with E-state index >= 15 is 0 Å². The third-order valence-corrected chi connectivity index (χ3v) is 3.90. The molecule has 104 valence electrons. The predicted molar refractivity (Wildman–Crippen MR) is 79.4 cm³/mol. The van der Waals surface area contributed by atoms with Crippen LogP contribution < -0.4 is 5.32 Å². The number of hydrogen-bond acceptors (Lipinski definition) is 4. The van der Waals surface area contributed by atoms with E-state index in [1.807, 2.05) is 31.1 Å². The summed E-state index contributed by atoms with van der Waals surface area (Å²) in [6, 6.07) is 7.33. The van der Waals surface area contributed by atoms with Crippen molar-refractivity contribution in [3.05, 3.63) is 29.8 Å². The van der Waals surface area contributed by atoms with Crippen molar-refractivity contribution in [2.24, 2.45) is 0 Å². The van der Waals surface area contributed by atoms with Crippen LogP contribution in [0.1, 0.15) is 12.0 Å². The van der Waals surface area contributed by atoms with Crippen molar-refractivity contribution in [3.8, 4) is 5.75 Å². The largest absolute Gasteiger partial charge is 0.508 e. The van der Waals surface area contributed by atoms with Crippen molar-refractivity contribution < 1.29 is 9.84 Å². The van der Waals surface area contributed by atoms with Crippen LogP contribution in [0.2, 0.25) is 0 Å². The van der Waals surface area contributed by atoms with E-state index in [0.717, 1.165) is 23.5 Å². The molecule has 0 aromatic heterocycles. The van der Waals surface area contributed by atoms with Gasteiger partial charge in [-0.25, -0.2) is 0 Å². The van der Waals surface area contributed by atoms with Crippen LogP contribution in [0, 0.1) is 0 Å². The zero-order chi connectivity index (χ0) is 13.8. The van der Waals surface area contributed by atoms with E-state index in [0.29, 0.717) is 6.61 Å². The predicted octanol–water partition coefficient (Wildman–Crippen LogP) is 1.53. The number of rotatable bonds is 4. The average Bonchev–Trinajstić information content (AvgIpc) is 2.86. The molecule has 1 aromatic carbocycles. The third-order valence-electron chi connectivity index (χ3n) is 3.25. The molecule has 2 atom stereocenters. The van der Waals surface area contributed by atoms with Crippen molar-refractivity contribution in [1.82, 2.24) is 10.2 Å². The Morgan fingerprint density at radius 3 is 2.74 bits per heavy atom. The highest BCUT2D eigenvalue weighted by molar-refractivity contribution is 7.80. The molecule has 1 aliphatic rings. The van der Waals surface area contributed by atoms with E-state index < -0.39 is 0 Å². The van der Waals surface area contributed by atoms with Gasteiger partial charge in [0, 0.05) is 20.6 Å². The number of phenols is 1. The first-order valence-corrected chi connectivity index (χ1v) is 6.81. The molecule has 1 aliphatic heterocycles. The summed E-state index contributed by atoms with van der Waals surface area (Å²) < 4.78 is 5.87. The summed E-state index contributed by atoms with van der Waals surface area (Å²) in [5.41, 5.74) is 1.07. The van der Waals surface area contributed by atoms with E-state index in [9.17, 15) is 5.11 Å². The molecule has 0 aliphatic carbocycles. The van der Waals surface area contributed by atoms with Gasteiger partial charge in [0.2, 0.25) is 0 Å². The Kier molecular flexibility index (Phi) is 4.74. The minimum atomic E-state index is 0.191. The number of likely N-dealkylation sites (N-methyl/N-ethyl adjacent to an activating group) is 1. The average molecular weight is 280 g/mol. The molecule has 0 saturated carbocycles. The van der Waals surface area contributed by atoms with Gasteiger partial charge < -0.3 is 20.1 Å². The fraction of sp³-hybridized carbons (Fsp3) is 0.500. The third kappa shape index (κ3) is 3.89. The minimum absolute atomic E-state index is 0.191. The van der Waals surface area contributed by atoms with Crippen LogP contribution >= 0.6 is 12.2 Å². The molecule has 0 amide bonds. The quantitative estimate of drug-likeness (QED) is 0.819. The summed E-state index contributed by atoms with van der Waals surface area (Å²) in [6.45, 7) is 1.39. The van der Waals surface area contributed by atoms with Gasteiger partial charge in [-0.05, 0) is 24.1 Å². The van der Waals surface area contributed by atoms with Crippen molar-refractivity contribution in [1.29, 1.82) is 0 Å². The van der Waals surface area contributed by atoms with Crippen LogP contribution in [-0.4, -0.2) is 47.8 Å². The fourth-order valence-electron chi connectivity index (χ4n) is 2.14. The van der Waals surface area contributed by atoms with Gasteiger partial charge in [-0.1, -0.05) is 24.4 Å². The summed E-state index contributed by atoms with van der Waals surface area (Å²) in [6.07, 6.45) is 1.10. The van der Waals surface area contributed by atoms with Gasteiger partial charge in [-0.3, -0.25) is 0 Å². The molecule has 4 nitrogen and oxygen atoms in total. The Morgan fingerprint density at radius 2 is 2.11 bits per heavy atom. The standard InChI is InChI=1S/C14H20N2O2S/c1-16(2)14(19)13-7-12(8-15-13)18-9-10-3-5-11(17)6-4-10/h3-6,12-13,15,17H,7-9H2,1-2H3/t12-,13+/m1/s1. The summed E-state index contributed by atoms with van der Waals surface area (Å²) in [5.74, 6) is 0.280. The second-order valence-corrected chi connectivity index (χ2v) is 5.45. The molecule has 1 heterocycles. The smallest absolute Gasteiger partial charge is 0.115 e. The molecule has 2 N–H and O–H groups in total. The molecular formula is C14H20N2O2S. The van der Waals surface area contributed by atoms with Crippen LogP contribution in [-0.2, 0) is 11.3 Å². The molecule has 1 fully saturated rings. The highest BCUT2D eigenvalue weighted by Crippen LogP contribution is 2.16. The van der Waals surface area contributed by atoms with Crippen LogP contribution in [0.25, 0.3) is 0 Å². The Hall–Kier alpha value is -1.17. The van der Waals surface area contributed by atoms with Gasteiger partial charge in [-0.2, -0.15) is 0 Å². The maximum atomic E-state index is 9.21. The van der Waals surface area contributed by atoms with Crippen LogP contribution in [0.15, 0.2) is 24.3 Å². The Morgan fingerprint density at radius 1 is 1.42 bits per heavy atom. The molecule has 1 aromatic rings. The summed E-state index contributed by atoms with van der Waals surface area (Å²) in [7, 11) is 3.93. The first kappa shape index (κ1) is 14.2. The van der Waals surface area contributed by atoms with Crippen molar-refractivity contribution in [3.63, 3.8) is 0 Å². The number of benzene rings is 1.